The Morgan fingerprint density at radius 2 is 2.00 bits per heavy atom. The van der Waals surface area contributed by atoms with Crippen molar-refractivity contribution in [2.45, 2.75) is 38.0 Å². The highest BCUT2D eigenvalue weighted by Gasteiger charge is 2.60. The summed E-state index contributed by atoms with van der Waals surface area (Å²) in [5.74, 6) is 0.0455. The highest BCUT2D eigenvalue weighted by Crippen LogP contribution is 2.50. The topological polar surface area (TPSA) is 91.7 Å². The van der Waals surface area contributed by atoms with Crippen LogP contribution in [-0.4, -0.2) is 84.8 Å². The number of carbonyl (C=O) groups is 2. The van der Waals surface area contributed by atoms with Crippen LogP contribution in [0.15, 0.2) is 29.3 Å². The number of aliphatic imine (C=N–C) groups is 1. The summed E-state index contributed by atoms with van der Waals surface area (Å²) in [4.78, 5) is 31.4. The van der Waals surface area contributed by atoms with Gasteiger partial charge in [-0.3, -0.25) is 19.6 Å². The van der Waals surface area contributed by atoms with Gasteiger partial charge < -0.3 is 14.6 Å². The number of methoxy groups -OCH3 is 2. The Labute approximate surface area is 196 Å². The van der Waals surface area contributed by atoms with E-state index in [-0.39, 0.29) is 5.91 Å². The van der Waals surface area contributed by atoms with Gasteiger partial charge in [-0.1, -0.05) is 12.1 Å². The number of alkyl halides is 3. The first-order chi connectivity index (χ1) is 16.0. The predicted molar refractivity (Wildman–Crippen MR) is 118 cm³/mol. The second kappa shape index (κ2) is 10.3. The van der Waals surface area contributed by atoms with Crippen molar-refractivity contribution in [1.82, 2.24) is 9.80 Å². The van der Waals surface area contributed by atoms with Gasteiger partial charge in [0.25, 0.3) is 5.91 Å². The monoisotopic (exact) mass is 485 g/mol. The summed E-state index contributed by atoms with van der Waals surface area (Å²) in [6.45, 7) is 5.97. The molecule has 0 bridgehead atoms. The van der Waals surface area contributed by atoms with Crippen LogP contribution in [0.25, 0.3) is 0 Å². The van der Waals surface area contributed by atoms with Gasteiger partial charge in [0, 0.05) is 32.7 Å². The summed E-state index contributed by atoms with van der Waals surface area (Å²) in [5, 5.41) is 7.12. The molecule has 34 heavy (non-hydrogen) atoms. The van der Waals surface area contributed by atoms with Crippen molar-refractivity contribution in [3.05, 3.63) is 29.8 Å². The molecule has 1 spiro atoms. The van der Waals surface area contributed by atoms with Gasteiger partial charge in [-0.05, 0) is 43.4 Å². The molecular weight excluding hydrogens is 455 g/mol. The molecular formula is C23H30F3N3O5. The maximum absolute atomic E-state index is 13.3. The number of halogens is 3. The molecule has 1 saturated carbocycles. The lowest BCUT2D eigenvalue weighted by atomic mass is 9.85. The number of carboxylic acids is 1. The van der Waals surface area contributed by atoms with E-state index < -0.39 is 17.7 Å². The maximum Gasteiger partial charge on any atom is 0.490 e. The summed E-state index contributed by atoms with van der Waals surface area (Å²) in [6.07, 6.45) is -3.12. The zero-order valence-electron chi connectivity index (χ0n) is 19.5. The average molecular weight is 486 g/mol. The molecule has 3 atom stereocenters. The second-order valence-corrected chi connectivity index (χ2v) is 8.79. The lowest BCUT2D eigenvalue weighted by Crippen LogP contribution is -2.47. The Bertz CT molecular complexity index is 939. The molecule has 1 aromatic rings. The summed E-state index contributed by atoms with van der Waals surface area (Å²) in [5.41, 5.74) is 0.716. The Kier molecular flexibility index (Phi) is 7.87. The van der Waals surface area contributed by atoms with Crippen molar-refractivity contribution in [3.63, 3.8) is 0 Å². The molecule has 0 aromatic heterocycles. The van der Waals surface area contributed by atoms with E-state index in [9.17, 15) is 18.0 Å². The third-order valence-electron chi connectivity index (χ3n) is 6.70. The van der Waals surface area contributed by atoms with Gasteiger partial charge in [-0.2, -0.15) is 13.2 Å². The molecule has 1 amide bonds. The molecule has 1 aliphatic carbocycles. The molecule has 2 aliphatic heterocycles. The minimum absolute atomic E-state index is 0.188. The number of aliphatic carboxylic acids is 1. The van der Waals surface area contributed by atoms with Crippen LogP contribution in [0.5, 0.6) is 5.75 Å². The van der Waals surface area contributed by atoms with Crippen LogP contribution in [0.2, 0.25) is 0 Å². The van der Waals surface area contributed by atoms with Gasteiger partial charge in [0.15, 0.2) is 0 Å². The van der Waals surface area contributed by atoms with E-state index in [1.807, 2.05) is 24.0 Å². The van der Waals surface area contributed by atoms with Gasteiger partial charge in [0.2, 0.25) is 0 Å². The summed E-state index contributed by atoms with van der Waals surface area (Å²) in [6, 6.07) is 8.25. The maximum atomic E-state index is 13.3. The van der Waals surface area contributed by atoms with Crippen molar-refractivity contribution in [1.29, 1.82) is 0 Å². The van der Waals surface area contributed by atoms with Crippen molar-refractivity contribution in [3.8, 4) is 5.75 Å². The van der Waals surface area contributed by atoms with E-state index in [4.69, 9.17) is 24.4 Å². The van der Waals surface area contributed by atoms with E-state index in [1.54, 1.807) is 14.2 Å². The van der Waals surface area contributed by atoms with Gasteiger partial charge in [0.05, 0.1) is 20.3 Å². The predicted octanol–water partition coefficient (Wildman–Crippen LogP) is 2.82. The zero-order chi connectivity index (χ0) is 25.1. The van der Waals surface area contributed by atoms with Crippen molar-refractivity contribution in [2.75, 3.05) is 40.5 Å². The van der Waals surface area contributed by atoms with Gasteiger partial charge >= 0.3 is 12.1 Å². The van der Waals surface area contributed by atoms with Crippen LogP contribution in [0.4, 0.5) is 13.2 Å². The molecule has 1 N–H and O–H groups in total. The second-order valence-electron chi connectivity index (χ2n) is 8.79. The van der Waals surface area contributed by atoms with Gasteiger partial charge in [0.1, 0.15) is 17.1 Å². The molecule has 11 heteroatoms. The molecule has 3 aliphatic rings. The molecule has 1 aromatic carbocycles. The first kappa shape index (κ1) is 26.0. The molecule has 4 rings (SSSR count). The third-order valence-corrected chi connectivity index (χ3v) is 6.70. The minimum atomic E-state index is -5.08. The Morgan fingerprint density at radius 3 is 2.62 bits per heavy atom. The van der Waals surface area contributed by atoms with Crippen LogP contribution < -0.4 is 4.74 Å². The lowest BCUT2D eigenvalue weighted by molar-refractivity contribution is -0.192. The highest BCUT2D eigenvalue weighted by molar-refractivity contribution is 6.07. The van der Waals surface area contributed by atoms with Crippen LogP contribution in [-0.2, 0) is 20.9 Å². The molecule has 0 unspecified atom stereocenters. The number of fused-ring (bicyclic) bond motifs is 2. The summed E-state index contributed by atoms with van der Waals surface area (Å²) in [7, 11) is 3.37. The van der Waals surface area contributed by atoms with E-state index in [0.29, 0.717) is 25.0 Å². The standard InChI is InChI=1S/C21H29N3O3.C2HF3O2/c1-15-22-21(20(25)24(15)9-10-26-2)8-7-17-13-23(14-19(17)21)12-16-5-4-6-18(11-16)27-3;3-2(4,5)1(6)7/h4-6,11,17,19H,7-10,12-14H2,1-3H3;(H,6,7)/t17-,19+,21-;/m1./s1. The van der Waals surface area contributed by atoms with Crippen LogP contribution in [0, 0.1) is 11.8 Å². The van der Waals surface area contributed by atoms with E-state index >= 15 is 0 Å². The molecule has 0 radical (unpaired) electrons. The smallest absolute Gasteiger partial charge is 0.490 e. The van der Waals surface area contributed by atoms with E-state index in [0.717, 1.165) is 44.1 Å². The normalized spacial score (nSPS) is 26.4. The summed E-state index contributed by atoms with van der Waals surface area (Å²) < 4.78 is 42.3. The first-order valence-electron chi connectivity index (χ1n) is 11.0. The summed E-state index contributed by atoms with van der Waals surface area (Å²) >= 11 is 0. The first-order valence-corrected chi connectivity index (χ1v) is 11.0. The fourth-order valence-corrected chi connectivity index (χ4v) is 5.17. The molecule has 2 heterocycles. The third kappa shape index (κ3) is 5.35. The van der Waals surface area contributed by atoms with Crippen molar-refractivity contribution in [2.24, 2.45) is 16.8 Å². The molecule has 2 fully saturated rings. The number of nitrogens with zero attached hydrogens (tertiary/aromatic N) is 3. The minimum Gasteiger partial charge on any atom is -0.497 e. The fourth-order valence-electron chi connectivity index (χ4n) is 5.17. The fraction of sp³-hybridized carbons (Fsp3) is 0.609. The Hall–Kier alpha value is -2.66. The lowest BCUT2D eigenvalue weighted by Gasteiger charge is -2.28. The van der Waals surface area contributed by atoms with Crippen LogP contribution >= 0.6 is 0 Å². The van der Waals surface area contributed by atoms with Crippen LogP contribution in [0.1, 0.15) is 25.3 Å². The van der Waals surface area contributed by atoms with Crippen molar-refractivity contribution >= 4 is 17.7 Å². The number of amidine groups is 1. The van der Waals surface area contributed by atoms with Crippen molar-refractivity contribution < 1.29 is 37.3 Å². The number of hydrogen-bond acceptors (Lipinski definition) is 6. The van der Waals surface area contributed by atoms with E-state index in [2.05, 4.69) is 17.0 Å². The number of ether oxygens (including phenoxy) is 2. The number of benzene rings is 1. The number of likely N-dealkylation sites (tertiary alicyclic amines) is 1. The molecule has 1 saturated heterocycles. The van der Waals surface area contributed by atoms with Crippen LogP contribution in [0.3, 0.4) is 0 Å². The number of amides is 1. The zero-order valence-corrected chi connectivity index (χ0v) is 19.5. The SMILES string of the molecule is COCCN1C(=O)[C@]2(CC[C@@H]3CN(Cc4cccc(OC)c4)C[C@@H]32)N=C1C.O=C(O)C(F)(F)F. The molecule has 188 valence electrons. The number of carbonyl (C=O) groups excluding carboxylic acids is 1. The largest absolute Gasteiger partial charge is 0.497 e. The average Bonchev–Trinajstić information content (AvgIpc) is 3.40. The molecule has 8 nitrogen and oxygen atoms in total. The quantitative estimate of drug-likeness (QED) is 0.667. The van der Waals surface area contributed by atoms with Gasteiger partial charge in [-0.15, -0.1) is 0 Å². The number of carboxylic acid groups (broad SMARTS) is 1. The Morgan fingerprint density at radius 1 is 1.29 bits per heavy atom. The Balaban J connectivity index is 0.000000406. The van der Waals surface area contributed by atoms with E-state index in [1.165, 1.54) is 5.56 Å². The number of rotatable bonds is 6. The number of hydrogen-bond donors (Lipinski definition) is 1. The highest BCUT2D eigenvalue weighted by atomic mass is 19.4. The van der Waals surface area contributed by atoms with Gasteiger partial charge in [-0.25, -0.2) is 4.79 Å².